The molecular weight excluding hydrogens is 452 g/mol. The van der Waals surface area contributed by atoms with E-state index >= 15 is 4.39 Å². The lowest BCUT2D eigenvalue weighted by molar-refractivity contribution is -0.207. The molecule has 0 radical (unpaired) electrons. The number of alkyl halides is 2. The van der Waals surface area contributed by atoms with Gasteiger partial charge in [-0.25, -0.2) is 8.78 Å². The van der Waals surface area contributed by atoms with Gasteiger partial charge in [-0.1, -0.05) is 30.3 Å². The van der Waals surface area contributed by atoms with Crippen molar-refractivity contribution in [3.63, 3.8) is 0 Å². The van der Waals surface area contributed by atoms with Crippen LogP contribution in [0.1, 0.15) is 29.4 Å². The summed E-state index contributed by atoms with van der Waals surface area (Å²) in [5.74, 6) is -1.44. The number of hydrogen-bond donors (Lipinski definition) is 0. The molecule has 4 rings (SSSR count). The van der Waals surface area contributed by atoms with Crippen molar-refractivity contribution in [2.24, 2.45) is 5.92 Å². The fourth-order valence-corrected chi connectivity index (χ4v) is 4.05. The molecular formula is C26H26F4O4. The number of fused-ring (bicyclic) bond motifs is 1. The van der Waals surface area contributed by atoms with E-state index in [1.165, 1.54) is 6.07 Å². The minimum absolute atomic E-state index is 0.290. The van der Waals surface area contributed by atoms with E-state index in [2.05, 4.69) is 4.74 Å². The molecule has 0 N–H and O–H groups in total. The van der Waals surface area contributed by atoms with Gasteiger partial charge >= 0.3 is 6.61 Å². The lowest BCUT2D eigenvalue weighted by Gasteiger charge is -2.29. The van der Waals surface area contributed by atoms with Gasteiger partial charge in [0.05, 0.1) is 13.2 Å². The Balaban J connectivity index is 1.42. The van der Waals surface area contributed by atoms with E-state index in [1.54, 1.807) is 25.3 Å². The summed E-state index contributed by atoms with van der Waals surface area (Å²) < 4.78 is 74.6. The molecule has 1 heterocycles. The summed E-state index contributed by atoms with van der Waals surface area (Å²) in [4.78, 5) is 0. The third-order valence-corrected chi connectivity index (χ3v) is 5.92. The van der Waals surface area contributed by atoms with Gasteiger partial charge in [-0.3, -0.25) is 0 Å². The summed E-state index contributed by atoms with van der Waals surface area (Å²) in [6, 6.07) is 12.7. The molecule has 3 aromatic carbocycles. The topological polar surface area (TPSA) is 36.9 Å². The van der Waals surface area contributed by atoms with Crippen LogP contribution >= 0.6 is 0 Å². The van der Waals surface area contributed by atoms with Crippen LogP contribution < -0.4 is 4.74 Å². The van der Waals surface area contributed by atoms with Crippen molar-refractivity contribution in [2.75, 3.05) is 26.9 Å². The summed E-state index contributed by atoms with van der Waals surface area (Å²) in [6.45, 7) is -1.28. The molecule has 0 atom stereocenters. The molecule has 182 valence electrons. The van der Waals surface area contributed by atoms with Crippen LogP contribution in [-0.4, -0.2) is 33.5 Å². The Labute approximate surface area is 195 Å². The van der Waals surface area contributed by atoms with E-state index in [1.807, 2.05) is 12.1 Å². The maximum Gasteiger partial charge on any atom is 0.387 e. The molecule has 1 saturated heterocycles. The van der Waals surface area contributed by atoms with Crippen LogP contribution in [0.5, 0.6) is 5.75 Å². The molecule has 34 heavy (non-hydrogen) atoms. The fourth-order valence-electron chi connectivity index (χ4n) is 4.05. The standard InChI is InChI=1S/C26H26F4O4/c1-31-11-10-17-14-32-25(33-15-17)20-7-8-21-19(13-20)6-5-18(24(21)28)4-2-16-3-9-23(22(27)12-16)34-26(29)30/h3,5-9,12-13,17,25-26H,2,4,10-11,14-15H2,1H3. The van der Waals surface area contributed by atoms with Crippen molar-refractivity contribution in [2.45, 2.75) is 32.2 Å². The van der Waals surface area contributed by atoms with Gasteiger partial charge in [-0.05, 0) is 54.0 Å². The van der Waals surface area contributed by atoms with Crippen LogP contribution in [0.2, 0.25) is 0 Å². The van der Waals surface area contributed by atoms with Crippen molar-refractivity contribution < 1.29 is 36.5 Å². The van der Waals surface area contributed by atoms with Crippen molar-refractivity contribution in [3.8, 4) is 5.75 Å². The molecule has 8 heteroatoms. The highest BCUT2D eigenvalue weighted by atomic mass is 19.3. The highest BCUT2D eigenvalue weighted by Gasteiger charge is 2.24. The lowest BCUT2D eigenvalue weighted by Crippen LogP contribution is -2.27. The largest absolute Gasteiger partial charge is 0.432 e. The van der Waals surface area contributed by atoms with Crippen LogP contribution in [0.15, 0.2) is 48.5 Å². The Morgan fingerprint density at radius 2 is 1.76 bits per heavy atom. The molecule has 0 amide bonds. The minimum Gasteiger partial charge on any atom is -0.432 e. The zero-order valence-electron chi connectivity index (χ0n) is 18.7. The third kappa shape index (κ3) is 5.87. The first-order valence-electron chi connectivity index (χ1n) is 11.1. The van der Waals surface area contributed by atoms with Gasteiger partial charge < -0.3 is 18.9 Å². The summed E-state index contributed by atoms with van der Waals surface area (Å²) in [7, 11) is 1.67. The van der Waals surface area contributed by atoms with Crippen LogP contribution in [0.25, 0.3) is 10.8 Å². The van der Waals surface area contributed by atoms with E-state index < -0.39 is 24.5 Å². The number of halogens is 4. The average Bonchev–Trinajstić information content (AvgIpc) is 2.84. The van der Waals surface area contributed by atoms with Gasteiger partial charge in [0.25, 0.3) is 0 Å². The Kier molecular flexibility index (Phi) is 8.03. The molecule has 0 unspecified atom stereocenters. The molecule has 1 aliphatic heterocycles. The zero-order valence-corrected chi connectivity index (χ0v) is 18.7. The molecule has 0 bridgehead atoms. The first-order chi connectivity index (χ1) is 16.4. The van der Waals surface area contributed by atoms with Gasteiger partial charge in [-0.15, -0.1) is 0 Å². The number of rotatable bonds is 9. The molecule has 0 aromatic heterocycles. The number of methoxy groups -OCH3 is 1. The Bertz CT molecular complexity index is 1110. The van der Waals surface area contributed by atoms with Gasteiger partial charge in [0.1, 0.15) is 5.82 Å². The van der Waals surface area contributed by atoms with Crippen LogP contribution in [0, 0.1) is 17.6 Å². The zero-order chi connectivity index (χ0) is 24.1. The molecule has 0 spiro atoms. The number of ether oxygens (including phenoxy) is 4. The van der Waals surface area contributed by atoms with Crippen molar-refractivity contribution >= 4 is 10.8 Å². The maximum atomic E-state index is 15.2. The smallest absolute Gasteiger partial charge is 0.387 e. The molecule has 0 aliphatic carbocycles. The van der Waals surface area contributed by atoms with Crippen LogP contribution in [0.4, 0.5) is 17.6 Å². The SMILES string of the molecule is COCCC1COC(c2ccc3c(F)c(CCc4ccc(OC(F)F)c(F)c4)ccc3c2)OC1. The fraction of sp³-hybridized carbons (Fsp3) is 0.385. The van der Waals surface area contributed by atoms with E-state index in [-0.39, 0.29) is 11.7 Å². The quantitative estimate of drug-likeness (QED) is 0.343. The monoisotopic (exact) mass is 478 g/mol. The molecule has 1 fully saturated rings. The highest BCUT2D eigenvalue weighted by molar-refractivity contribution is 5.84. The second-order valence-electron chi connectivity index (χ2n) is 8.31. The van der Waals surface area contributed by atoms with Gasteiger partial charge in [0, 0.05) is 30.6 Å². The Morgan fingerprint density at radius 3 is 2.47 bits per heavy atom. The van der Waals surface area contributed by atoms with E-state index in [9.17, 15) is 13.2 Å². The van der Waals surface area contributed by atoms with Gasteiger partial charge in [-0.2, -0.15) is 8.78 Å². The van der Waals surface area contributed by atoms with Gasteiger partial charge in [0.2, 0.25) is 0 Å². The summed E-state index contributed by atoms with van der Waals surface area (Å²) in [5.41, 5.74) is 1.87. The molecule has 0 saturated carbocycles. The first kappa shape index (κ1) is 24.4. The average molecular weight is 478 g/mol. The van der Waals surface area contributed by atoms with Crippen LogP contribution in [-0.2, 0) is 27.1 Å². The summed E-state index contributed by atoms with van der Waals surface area (Å²) in [5, 5.41) is 1.20. The normalized spacial score (nSPS) is 18.5. The first-order valence-corrected chi connectivity index (χ1v) is 11.1. The number of benzene rings is 3. The van der Waals surface area contributed by atoms with Crippen LogP contribution in [0.3, 0.4) is 0 Å². The third-order valence-electron chi connectivity index (χ3n) is 5.92. The second kappa shape index (κ2) is 11.2. The lowest BCUT2D eigenvalue weighted by atomic mass is 9.98. The molecule has 3 aromatic rings. The Morgan fingerprint density at radius 1 is 0.971 bits per heavy atom. The van der Waals surface area contributed by atoms with Crippen molar-refractivity contribution in [1.29, 1.82) is 0 Å². The number of hydrogen-bond acceptors (Lipinski definition) is 4. The maximum absolute atomic E-state index is 15.2. The minimum atomic E-state index is -3.10. The second-order valence-corrected chi connectivity index (χ2v) is 8.31. The molecule has 4 nitrogen and oxygen atoms in total. The van der Waals surface area contributed by atoms with Gasteiger partial charge in [0.15, 0.2) is 17.9 Å². The van der Waals surface area contributed by atoms with Crippen molar-refractivity contribution in [1.82, 2.24) is 0 Å². The highest BCUT2D eigenvalue weighted by Crippen LogP contribution is 2.31. The predicted octanol–water partition coefficient (Wildman–Crippen LogP) is 6.20. The predicted molar refractivity (Wildman–Crippen MR) is 119 cm³/mol. The van der Waals surface area contributed by atoms with E-state index in [0.29, 0.717) is 49.2 Å². The van der Waals surface area contributed by atoms with E-state index in [0.717, 1.165) is 29.5 Å². The van der Waals surface area contributed by atoms with E-state index in [4.69, 9.17) is 14.2 Å². The molecule has 1 aliphatic rings. The number of aryl methyl sites for hydroxylation is 2. The van der Waals surface area contributed by atoms with Crippen molar-refractivity contribution in [3.05, 3.63) is 76.9 Å². The Hall–Kier alpha value is -2.68. The summed E-state index contributed by atoms with van der Waals surface area (Å²) >= 11 is 0. The summed E-state index contributed by atoms with van der Waals surface area (Å²) in [6.07, 6.45) is 1.06.